The number of aliphatic hydroxyl groups excluding tert-OH is 1. The predicted octanol–water partition coefficient (Wildman–Crippen LogP) is -0.656. The molecule has 0 fully saturated rings. The minimum atomic E-state index is -0.458. The quantitative estimate of drug-likeness (QED) is 0.405. The fraction of sp³-hybridized carbons (Fsp3) is 0.500. The van der Waals surface area contributed by atoms with Gasteiger partial charge in [0.2, 0.25) is 0 Å². The molecule has 0 amide bonds. The Kier molecular flexibility index (Phi) is 2.40. The molecule has 3 nitrogen and oxygen atoms in total. The van der Waals surface area contributed by atoms with E-state index >= 15 is 0 Å². The highest BCUT2D eigenvalue weighted by molar-refractivity contribution is 4.92. The lowest BCUT2D eigenvalue weighted by atomic mass is 10.3. The molecule has 0 unspecified atom stereocenters. The van der Waals surface area contributed by atoms with Crippen LogP contribution in [-0.2, 0) is 0 Å². The molecule has 0 aliphatic carbocycles. The Balaban J connectivity index is 3.34. The van der Waals surface area contributed by atoms with Crippen molar-refractivity contribution in [2.75, 3.05) is 6.54 Å². The van der Waals surface area contributed by atoms with Crippen molar-refractivity contribution < 1.29 is 5.11 Å². The van der Waals surface area contributed by atoms with E-state index in [0.717, 1.165) is 0 Å². The Hall–Kier alpha value is -0.540. The SMILES string of the molecule is C=C(O)[C@H](N)CN. The Bertz CT molecular complexity index is 72.1. The minimum absolute atomic E-state index is 0.0532. The molecule has 0 aliphatic rings. The van der Waals surface area contributed by atoms with Crippen molar-refractivity contribution in [2.45, 2.75) is 6.04 Å². The van der Waals surface area contributed by atoms with Gasteiger partial charge in [-0.15, -0.1) is 0 Å². The summed E-state index contributed by atoms with van der Waals surface area (Å²) in [7, 11) is 0. The summed E-state index contributed by atoms with van der Waals surface area (Å²) >= 11 is 0. The lowest BCUT2D eigenvalue weighted by Crippen LogP contribution is -2.30. The highest BCUT2D eigenvalue weighted by Crippen LogP contribution is 1.84. The Morgan fingerprint density at radius 1 is 1.86 bits per heavy atom. The zero-order valence-electron chi connectivity index (χ0n) is 4.09. The number of aliphatic hydroxyl groups is 1. The van der Waals surface area contributed by atoms with Gasteiger partial charge in [-0.3, -0.25) is 0 Å². The van der Waals surface area contributed by atoms with E-state index in [0.29, 0.717) is 0 Å². The normalized spacial score (nSPS) is 13.4. The largest absolute Gasteiger partial charge is 0.511 e. The van der Waals surface area contributed by atoms with Gasteiger partial charge < -0.3 is 16.6 Å². The molecule has 7 heavy (non-hydrogen) atoms. The fourth-order valence-corrected chi connectivity index (χ4v) is 0.136. The molecule has 0 bridgehead atoms. The van der Waals surface area contributed by atoms with Crippen LogP contribution in [0.25, 0.3) is 0 Å². The van der Waals surface area contributed by atoms with E-state index in [-0.39, 0.29) is 12.3 Å². The van der Waals surface area contributed by atoms with Crippen LogP contribution >= 0.6 is 0 Å². The first-order valence-corrected chi connectivity index (χ1v) is 2.02. The maximum Gasteiger partial charge on any atom is 0.103 e. The van der Waals surface area contributed by atoms with E-state index in [1.807, 2.05) is 0 Å². The molecule has 0 radical (unpaired) electrons. The van der Waals surface area contributed by atoms with Crippen molar-refractivity contribution >= 4 is 0 Å². The van der Waals surface area contributed by atoms with Crippen molar-refractivity contribution in [3.05, 3.63) is 12.3 Å². The summed E-state index contributed by atoms with van der Waals surface area (Å²) in [5.74, 6) is -0.0532. The van der Waals surface area contributed by atoms with Crippen LogP contribution < -0.4 is 11.5 Å². The molecule has 0 rings (SSSR count). The first kappa shape index (κ1) is 6.46. The number of nitrogens with two attached hydrogens (primary N) is 2. The van der Waals surface area contributed by atoms with Crippen LogP contribution in [-0.4, -0.2) is 17.7 Å². The van der Waals surface area contributed by atoms with Gasteiger partial charge in [-0.05, 0) is 0 Å². The molecule has 0 spiro atoms. The van der Waals surface area contributed by atoms with Crippen molar-refractivity contribution in [3.63, 3.8) is 0 Å². The molecule has 0 saturated heterocycles. The standard InChI is InChI=1S/C4H10N2O/c1-3(7)4(6)2-5/h4,7H,1-2,5-6H2/t4-/m1/s1. The van der Waals surface area contributed by atoms with Crippen molar-refractivity contribution in [2.24, 2.45) is 11.5 Å². The molecule has 1 atom stereocenters. The van der Waals surface area contributed by atoms with Crippen molar-refractivity contribution in [3.8, 4) is 0 Å². The van der Waals surface area contributed by atoms with E-state index in [1.54, 1.807) is 0 Å². The lowest BCUT2D eigenvalue weighted by Gasteiger charge is -2.02. The molecular formula is C4H10N2O. The van der Waals surface area contributed by atoms with E-state index in [9.17, 15) is 0 Å². The fourth-order valence-electron chi connectivity index (χ4n) is 0.136. The Morgan fingerprint density at radius 2 is 2.29 bits per heavy atom. The third-order valence-electron chi connectivity index (χ3n) is 0.682. The van der Waals surface area contributed by atoms with Gasteiger partial charge in [-0.25, -0.2) is 0 Å². The predicted molar refractivity (Wildman–Crippen MR) is 28.8 cm³/mol. The summed E-state index contributed by atoms with van der Waals surface area (Å²) < 4.78 is 0. The molecule has 0 aromatic carbocycles. The van der Waals surface area contributed by atoms with Crippen LogP contribution in [0.2, 0.25) is 0 Å². The average molecular weight is 102 g/mol. The van der Waals surface area contributed by atoms with Gasteiger partial charge in [0, 0.05) is 6.54 Å². The Morgan fingerprint density at radius 3 is 2.29 bits per heavy atom. The summed E-state index contributed by atoms with van der Waals surface area (Å²) in [6.45, 7) is 3.42. The number of rotatable bonds is 2. The van der Waals surface area contributed by atoms with Gasteiger partial charge in [0.1, 0.15) is 5.76 Å². The summed E-state index contributed by atoms with van der Waals surface area (Å²) in [6, 6.07) is -0.458. The Labute approximate surface area is 42.6 Å². The molecule has 5 N–H and O–H groups in total. The highest BCUT2D eigenvalue weighted by Gasteiger charge is 1.98. The van der Waals surface area contributed by atoms with Crippen LogP contribution in [0.1, 0.15) is 0 Å². The van der Waals surface area contributed by atoms with Crippen molar-refractivity contribution in [1.82, 2.24) is 0 Å². The van der Waals surface area contributed by atoms with Crippen LogP contribution in [0.5, 0.6) is 0 Å². The van der Waals surface area contributed by atoms with Crippen molar-refractivity contribution in [1.29, 1.82) is 0 Å². The first-order valence-electron chi connectivity index (χ1n) is 2.02. The maximum absolute atomic E-state index is 8.42. The average Bonchev–Trinajstić information content (AvgIpc) is 1.65. The second-order valence-corrected chi connectivity index (χ2v) is 1.33. The lowest BCUT2D eigenvalue weighted by molar-refractivity contribution is 0.372. The molecule has 0 aromatic heterocycles. The minimum Gasteiger partial charge on any atom is -0.511 e. The molecule has 3 heteroatoms. The van der Waals surface area contributed by atoms with E-state index in [4.69, 9.17) is 16.6 Å². The molecule has 0 saturated carbocycles. The van der Waals surface area contributed by atoms with E-state index in [1.165, 1.54) is 0 Å². The third kappa shape index (κ3) is 2.19. The smallest absolute Gasteiger partial charge is 0.103 e. The highest BCUT2D eigenvalue weighted by atomic mass is 16.3. The summed E-state index contributed by atoms with van der Waals surface area (Å²) in [6.07, 6.45) is 0. The van der Waals surface area contributed by atoms with Gasteiger partial charge in [0.25, 0.3) is 0 Å². The molecule has 0 heterocycles. The maximum atomic E-state index is 8.42. The molecule has 0 aliphatic heterocycles. The number of hydrogen-bond acceptors (Lipinski definition) is 3. The summed E-state index contributed by atoms with van der Waals surface area (Å²) in [5.41, 5.74) is 10.2. The van der Waals surface area contributed by atoms with Gasteiger partial charge in [-0.1, -0.05) is 6.58 Å². The van der Waals surface area contributed by atoms with Crippen LogP contribution in [0.15, 0.2) is 12.3 Å². The zero-order chi connectivity index (χ0) is 5.86. The molecule has 0 aromatic rings. The van der Waals surface area contributed by atoms with Crippen LogP contribution in [0, 0.1) is 0 Å². The van der Waals surface area contributed by atoms with E-state index < -0.39 is 6.04 Å². The second-order valence-electron chi connectivity index (χ2n) is 1.33. The van der Waals surface area contributed by atoms with Gasteiger partial charge in [-0.2, -0.15) is 0 Å². The van der Waals surface area contributed by atoms with E-state index in [2.05, 4.69) is 6.58 Å². The molecular weight excluding hydrogens is 92.1 g/mol. The topological polar surface area (TPSA) is 72.3 Å². The monoisotopic (exact) mass is 102 g/mol. The van der Waals surface area contributed by atoms with Crippen LogP contribution in [0.4, 0.5) is 0 Å². The summed E-state index contributed by atoms with van der Waals surface area (Å²) in [4.78, 5) is 0. The zero-order valence-corrected chi connectivity index (χ0v) is 4.09. The second kappa shape index (κ2) is 2.60. The van der Waals surface area contributed by atoms with Gasteiger partial charge in [0.05, 0.1) is 6.04 Å². The van der Waals surface area contributed by atoms with Crippen LogP contribution in [0.3, 0.4) is 0 Å². The first-order chi connectivity index (χ1) is 3.18. The van der Waals surface area contributed by atoms with Gasteiger partial charge >= 0.3 is 0 Å². The number of hydrogen-bond donors (Lipinski definition) is 3. The summed E-state index contributed by atoms with van der Waals surface area (Å²) in [5, 5.41) is 8.42. The van der Waals surface area contributed by atoms with Gasteiger partial charge in [0.15, 0.2) is 0 Å². The third-order valence-corrected chi connectivity index (χ3v) is 0.682. The molecule has 42 valence electrons.